The molecule has 0 spiro atoms. The number of halogens is 1. The van der Waals surface area contributed by atoms with E-state index in [2.05, 4.69) is 5.32 Å². The fraction of sp³-hybridized carbons (Fsp3) is 0.500. The average molecular weight is 272 g/mol. The molecule has 5 heteroatoms. The molecule has 1 aromatic carbocycles. The minimum absolute atomic E-state index is 0.286. The van der Waals surface area contributed by atoms with Crippen LogP contribution < -0.4 is 14.8 Å². The predicted molar refractivity (Wildman–Crippen MR) is 71.5 cm³/mol. The van der Waals surface area contributed by atoms with Crippen molar-refractivity contribution in [3.05, 3.63) is 17.2 Å². The summed E-state index contributed by atoms with van der Waals surface area (Å²) in [5, 5.41) is 4.10. The second-order valence-corrected chi connectivity index (χ2v) is 5.85. The summed E-state index contributed by atoms with van der Waals surface area (Å²) in [6.45, 7) is 1.26. The first kappa shape index (κ1) is 11.4. The Morgan fingerprint density at radius 3 is 2.94 bits per heavy atom. The van der Waals surface area contributed by atoms with E-state index in [1.54, 1.807) is 0 Å². The van der Waals surface area contributed by atoms with Gasteiger partial charge in [0, 0.05) is 18.7 Å². The summed E-state index contributed by atoms with van der Waals surface area (Å²) in [6, 6.07) is 3.74. The summed E-state index contributed by atoms with van der Waals surface area (Å²) in [6.07, 6.45) is 1.29. The van der Waals surface area contributed by atoms with Gasteiger partial charge < -0.3 is 14.8 Å². The van der Waals surface area contributed by atoms with Gasteiger partial charge in [0.25, 0.3) is 0 Å². The highest BCUT2D eigenvalue weighted by Gasteiger charge is 2.18. The molecule has 3 rings (SSSR count). The van der Waals surface area contributed by atoms with Crippen LogP contribution in [0.2, 0.25) is 5.02 Å². The van der Waals surface area contributed by atoms with E-state index in [0.29, 0.717) is 5.02 Å². The minimum Gasteiger partial charge on any atom is -0.454 e. The lowest BCUT2D eigenvalue weighted by atomic mass is 10.1. The Balaban J connectivity index is 1.69. The summed E-state index contributed by atoms with van der Waals surface area (Å²) in [5.41, 5.74) is 0.938. The number of fused-ring (bicyclic) bond motifs is 1. The third-order valence-corrected chi connectivity index (χ3v) is 4.61. The number of rotatable bonds is 3. The molecule has 17 heavy (non-hydrogen) atoms. The first-order valence-corrected chi connectivity index (χ1v) is 7.27. The number of ether oxygens (including phenoxy) is 2. The van der Waals surface area contributed by atoms with Crippen LogP contribution in [0, 0.1) is 5.92 Å². The van der Waals surface area contributed by atoms with Crippen molar-refractivity contribution in [1.29, 1.82) is 0 Å². The van der Waals surface area contributed by atoms with Crippen LogP contribution in [-0.2, 0) is 0 Å². The molecule has 2 heterocycles. The maximum atomic E-state index is 6.19. The average Bonchev–Trinajstić information content (AvgIpc) is 2.95. The Hall–Kier alpha value is -0.740. The smallest absolute Gasteiger partial charge is 0.231 e. The second kappa shape index (κ2) is 4.86. The van der Waals surface area contributed by atoms with E-state index in [1.807, 2.05) is 23.9 Å². The molecular formula is C12H14ClNO2S. The zero-order chi connectivity index (χ0) is 11.7. The molecule has 0 amide bonds. The van der Waals surface area contributed by atoms with Crippen LogP contribution in [0.25, 0.3) is 0 Å². The van der Waals surface area contributed by atoms with Crippen molar-refractivity contribution in [2.45, 2.75) is 6.42 Å². The Bertz CT molecular complexity index is 421. The summed E-state index contributed by atoms with van der Waals surface area (Å²) < 4.78 is 10.6. The molecule has 0 bridgehead atoms. The molecule has 2 aliphatic heterocycles. The summed E-state index contributed by atoms with van der Waals surface area (Å²) in [5.74, 6) is 4.78. The van der Waals surface area contributed by atoms with Crippen LogP contribution >= 0.6 is 23.4 Å². The zero-order valence-electron chi connectivity index (χ0n) is 9.37. The van der Waals surface area contributed by atoms with Gasteiger partial charge in [0.1, 0.15) is 0 Å². The predicted octanol–water partition coefficient (Wildman–Crippen LogP) is 3.23. The summed E-state index contributed by atoms with van der Waals surface area (Å²) in [4.78, 5) is 0. The number of hydrogen-bond acceptors (Lipinski definition) is 4. The molecule has 1 saturated heterocycles. The highest BCUT2D eigenvalue weighted by atomic mass is 35.5. The van der Waals surface area contributed by atoms with Crippen molar-refractivity contribution in [2.24, 2.45) is 5.92 Å². The number of anilines is 1. The van der Waals surface area contributed by atoms with Crippen molar-refractivity contribution in [2.75, 3.05) is 30.2 Å². The van der Waals surface area contributed by atoms with E-state index in [4.69, 9.17) is 21.1 Å². The Labute approximate surface area is 110 Å². The van der Waals surface area contributed by atoms with Crippen molar-refractivity contribution in [3.63, 3.8) is 0 Å². The van der Waals surface area contributed by atoms with E-state index in [9.17, 15) is 0 Å². The SMILES string of the molecule is Clc1cc2c(cc1NCC1CCSC1)OCO2. The van der Waals surface area contributed by atoms with Gasteiger partial charge in [0.05, 0.1) is 10.7 Å². The lowest BCUT2D eigenvalue weighted by molar-refractivity contribution is 0.174. The maximum absolute atomic E-state index is 6.19. The van der Waals surface area contributed by atoms with E-state index in [0.717, 1.165) is 29.6 Å². The lowest BCUT2D eigenvalue weighted by Crippen LogP contribution is -2.13. The normalized spacial score (nSPS) is 21.8. The molecule has 1 N–H and O–H groups in total. The molecule has 1 atom stereocenters. The molecule has 0 saturated carbocycles. The third kappa shape index (κ3) is 2.43. The first-order valence-electron chi connectivity index (χ1n) is 5.73. The Morgan fingerprint density at radius 2 is 2.18 bits per heavy atom. The molecule has 2 aliphatic rings. The molecule has 0 aliphatic carbocycles. The fourth-order valence-corrected chi connectivity index (χ4v) is 3.56. The van der Waals surface area contributed by atoms with Gasteiger partial charge in [-0.05, 0) is 23.8 Å². The fourth-order valence-electron chi connectivity index (χ4n) is 2.05. The van der Waals surface area contributed by atoms with Gasteiger partial charge in [-0.25, -0.2) is 0 Å². The molecule has 1 aromatic rings. The molecule has 92 valence electrons. The van der Waals surface area contributed by atoms with Crippen molar-refractivity contribution >= 4 is 29.1 Å². The molecule has 1 unspecified atom stereocenters. The monoisotopic (exact) mass is 271 g/mol. The van der Waals surface area contributed by atoms with Gasteiger partial charge in [-0.2, -0.15) is 11.8 Å². The second-order valence-electron chi connectivity index (χ2n) is 4.30. The molecule has 3 nitrogen and oxygen atoms in total. The molecule has 0 radical (unpaired) electrons. The summed E-state index contributed by atoms with van der Waals surface area (Å²) >= 11 is 8.21. The summed E-state index contributed by atoms with van der Waals surface area (Å²) in [7, 11) is 0. The van der Waals surface area contributed by atoms with Crippen molar-refractivity contribution < 1.29 is 9.47 Å². The topological polar surface area (TPSA) is 30.5 Å². The van der Waals surface area contributed by atoms with Gasteiger partial charge >= 0.3 is 0 Å². The Morgan fingerprint density at radius 1 is 1.35 bits per heavy atom. The Kier molecular flexibility index (Phi) is 3.25. The molecule has 0 aromatic heterocycles. The zero-order valence-corrected chi connectivity index (χ0v) is 10.9. The van der Waals surface area contributed by atoms with Gasteiger partial charge in [-0.1, -0.05) is 11.6 Å². The van der Waals surface area contributed by atoms with Gasteiger partial charge in [-0.15, -0.1) is 0 Å². The number of nitrogens with one attached hydrogen (secondary N) is 1. The van der Waals surface area contributed by atoms with E-state index >= 15 is 0 Å². The largest absolute Gasteiger partial charge is 0.454 e. The van der Waals surface area contributed by atoms with Gasteiger partial charge in [0.15, 0.2) is 11.5 Å². The minimum atomic E-state index is 0.286. The quantitative estimate of drug-likeness (QED) is 0.914. The maximum Gasteiger partial charge on any atom is 0.231 e. The lowest BCUT2D eigenvalue weighted by Gasteiger charge is -2.13. The van der Waals surface area contributed by atoms with Crippen LogP contribution in [0.3, 0.4) is 0 Å². The third-order valence-electron chi connectivity index (χ3n) is 3.07. The number of benzene rings is 1. The van der Waals surface area contributed by atoms with Crippen molar-refractivity contribution in [3.8, 4) is 11.5 Å². The molecular weight excluding hydrogens is 258 g/mol. The van der Waals surface area contributed by atoms with E-state index in [-0.39, 0.29) is 6.79 Å². The van der Waals surface area contributed by atoms with Gasteiger partial charge in [0.2, 0.25) is 6.79 Å². The van der Waals surface area contributed by atoms with Crippen LogP contribution in [0.5, 0.6) is 11.5 Å². The van der Waals surface area contributed by atoms with Crippen LogP contribution in [0.4, 0.5) is 5.69 Å². The van der Waals surface area contributed by atoms with Crippen LogP contribution in [0.15, 0.2) is 12.1 Å². The van der Waals surface area contributed by atoms with E-state index in [1.165, 1.54) is 17.9 Å². The highest BCUT2D eigenvalue weighted by Crippen LogP contribution is 2.39. The first-order chi connectivity index (χ1) is 8.33. The number of thioether (sulfide) groups is 1. The van der Waals surface area contributed by atoms with E-state index < -0.39 is 0 Å². The van der Waals surface area contributed by atoms with Crippen molar-refractivity contribution in [1.82, 2.24) is 0 Å². The van der Waals surface area contributed by atoms with Gasteiger partial charge in [-0.3, -0.25) is 0 Å². The highest BCUT2D eigenvalue weighted by molar-refractivity contribution is 7.99. The number of hydrogen-bond donors (Lipinski definition) is 1. The van der Waals surface area contributed by atoms with Crippen LogP contribution in [-0.4, -0.2) is 24.8 Å². The van der Waals surface area contributed by atoms with Crippen LogP contribution in [0.1, 0.15) is 6.42 Å². The molecule has 1 fully saturated rings. The standard InChI is InChI=1S/C12H14ClNO2S/c13-9-3-11-12(16-7-15-11)4-10(9)14-5-8-1-2-17-6-8/h3-4,8,14H,1-2,5-7H2.